The minimum atomic E-state index is 0.247. The quantitative estimate of drug-likeness (QED) is 0.782. The summed E-state index contributed by atoms with van der Waals surface area (Å²) in [4.78, 5) is 2.32. The smallest absolute Gasteiger partial charge is 0.119 e. The summed E-state index contributed by atoms with van der Waals surface area (Å²) < 4.78 is 5.23. The molecule has 0 atom stereocenters. The first-order chi connectivity index (χ1) is 7.96. The number of thiol groups is 1. The summed E-state index contributed by atoms with van der Waals surface area (Å²) in [6.07, 6.45) is 0. The molecule has 96 valence electrons. The van der Waals surface area contributed by atoms with Crippen LogP contribution in [-0.2, 0) is 6.54 Å². The van der Waals surface area contributed by atoms with Gasteiger partial charge < -0.3 is 9.64 Å². The van der Waals surface area contributed by atoms with Crippen molar-refractivity contribution >= 4 is 12.6 Å². The molecular weight excluding hydrogens is 230 g/mol. The SMILES string of the molecule is COc1cccc(CN(C)CC(C)(C)CS)c1. The van der Waals surface area contributed by atoms with E-state index in [4.69, 9.17) is 4.74 Å². The van der Waals surface area contributed by atoms with Crippen molar-refractivity contribution in [1.29, 1.82) is 0 Å². The third-order valence-electron chi connectivity index (χ3n) is 2.71. The second kappa shape index (κ2) is 6.31. The van der Waals surface area contributed by atoms with Gasteiger partial charge in [-0.3, -0.25) is 0 Å². The highest BCUT2D eigenvalue weighted by atomic mass is 32.1. The highest BCUT2D eigenvalue weighted by Crippen LogP contribution is 2.20. The van der Waals surface area contributed by atoms with Crippen LogP contribution in [0.15, 0.2) is 24.3 Å². The number of ether oxygens (including phenoxy) is 1. The molecule has 0 aliphatic rings. The molecule has 0 heterocycles. The summed E-state index contributed by atoms with van der Waals surface area (Å²) in [6.45, 7) is 6.45. The molecule has 0 aliphatic heterocycles. The van der Waals surface area contributed by atoms with Gasteiger partial charge in [-0.2, -0.15) is 12.6 Å². The number of hydrogen-bond acceptors (Lipinski definition) is 3. The van der Waals surface area contributed by atoms with Crippen molar-refractivity contribution in [3.05, 3.63) is 29.8 Å². The Bertz CT molecular complexity index is 352. The molecule has 0 fully saturated rings. The molecule has 0 amide bonds. The average Bonchev–Trinajstić information content (AvgIpc) is 2.28. The van der Waals surface area contributed by atoms with Crippen molar-refractivity contribution in [3.63, 3.8) is 0 Å². The minimum absolute atomic E-state index is 0.247. The van der Waals surface area contributed by atoms with E-state index in [-0.39, 0.29) is 5.41 Å². The van der Waals surface area contributed by atoms with E-state index in [9.17, 15) is 0 Å². The van der Waals surface area contributed by atoms with Crippen LogP contribution < -0.4 is 4.74 Å². The summed E-state index contributed by atoms with van der Waals surface area (Å²) in [5, 5.41) is 0. The van der Waals surface area contributed by atoms with E-state index in [1.807, 2.05) is 12.1 Å². The Morgan fingerprint density at radius 2 is 2.06 bits per heavy atom. The minimum Gasteiger partial charge on any atom is -0.497 e. The Hall–Kier alpha value is -0.670. The topological polar surface area (TPSA) is 12.5 Å². The van der Waals surface area contributed by atoms with E-state index in [1.165, 1.54) is 5.56 Å². The fourth-order valence-corrected chi connectivity index (χ4v) is 2.02. The first-order valence-corrected chi connectivity index (χ1v) is 6.52. The lowest BCUT2D eigenvalue weighted by Crippen LogP contribution is -2.32. The van der Waals surface area contributed by atoms with Gasteiger partial charge in [0.25, 0.3) is 0 Å². The molecule has 0 aromatic heterocycles. The van der Waals surface area contributed by atoms with Crippen LogP contribution in [0.25, 0.3) is 0 Å². The van der Waals surface area contributed by atoms with E-state index in [1.54, 1.807) is 7.11 Å². The molecule has 0 N–H and O–H groups in total. The van der Waals surface area contributed by atoms with Gasteiger partial charge in [0, 0.05) is 13.1 Å². The molecule has 0 bridgehead atoms. The lowest BCUT2D eigenvalue weighted by atomic mass is 9.95. The highest BCUT2D eigenvalue weighted by Gasteiger charge is 2.18. The van der Waals surface area contributed by atoms with Crippen molar-refractivity contribution in [2.24, 2.45) is 5.41 Å². The molecule has 1 aromatic rings. The first-order valence-electron chi connectivity index (χ1n) is 5.89. The molecule has 1 rings (SSSR count). The maximum atomic E-state index is 5.23. The molecule has 3 heteroatoms. The monoisotopic (exact) mass is 253 g/mol. The zero-order valence-electron chi connectivity index (χ0n) is 11.2. The third-order valence-corrected chi connectivity index (χ3v) is 3.57. The van der Waals surface area contributed by atoms with Gasteiger partial charge in [0.1, 0.15) is 5.75 Å². The predicted octanol–water partition coefficient (Wildman–Crippen LogP) is 3.08. The van der Waals surface area contributed by atoms with Crippen molar-refractivity contribution in [2.45, 2.75) is 20.4 Å². The third kappa shape index (κ3) is 5.00. The first kappa shape index (κ1) is 14.4. The van der Waals surface area contributed by atoms with Crippen LogP contribution in [0.4, 0.5) is 0 Å². The van der Waals surface area contributed by atoms with Crippen LogP contribution in [0.3, 0.4) is 0 Å². The molecule has 0 unspecified atom stereocenters. The average molecular weight is 253 g/mol. The van der Waals surface area contributed by atoms with Crippen molar-refractivity contribution in [3.8, 4) is 5.75 Å². The number of hydrogen-bond donors (Lipinski definition) is 1. The van der Waals surface area contributed by atoms with Crippen LogP contribution in [0.2, 0.25) is 0 Å². The molecule has 0 radical (unpaired) electrons. The number of rotatable bonds is 6. The fraction of sp³-hybridized carbons (Fsp3) is 0.571. The molecule has 17 heavy (non-hydrogen) atoms. The Labute approximate surface area is 110 Å². The van der Waals surface area contributed by atoms with Crippen LogP contribution >= 0.6 is 12.6 Å². The molecule has 2 nitrogen and oxygen atoms in total. The van der Waals surface area contributed by atoms with Crippen molar-refractivity contribution in [2.75, 3.05) is 26.5 Å². The van der Waals surface area contributed by atoms with E-state index < -0.39 is 0 Å². The Balaban J connectivity index is 2.58. The summed E-state index contributed by atoms with van der Waals surface area (Å²) in [5.41, 5.74) is 1.53. The maximum Gasteiger partial charge on any atom is 0.119 e. The second-order valence-corrected chi connectivity index (χ2v) is 5.66. The molecule has 0 spiro atoms. The molecule has 0 saturated heterocycles. The number of methoxy groups -OCH3 is 1. The summed E-state index contributed by atoms with van der Waals surface area (Å²) in [7, 11) is 3.84. The molecular formula is C14H23NOS. The van der Waals surface area contributed by atoms with Gasteiger partial charge in [-0.25, -0.2) is 0 Å². The summed E-state index contributed by atoms with van der Waals surface area (Å²) in [6, 6.07) is 8.23. The van der Waals surface area contributed by atoms with E-state index in [2.05, 4.69) is 50.6 Å². The lowest BCUT2D eigenvalue weighted by molar-refractivity contribution is 0.225. The van der Waals surface area contributed by atoms with Crippen molar-refractivity contribution in [1.82, 2.24) is 4.90 Å². The second-order valence-electron chi connectivity index (χ2n) is 5.35. The van der Waals surface area contributed by atoms with Gasteiger partial charge in [0.05, 0.1) is 7.11 Å². The van der Waals surface area contributed by atoms with Gasteiger partial charge in [0.15, 0.2) is 0 Å². The van der Waals surface area contributed by atoms with Crippen molar-refractivity contribution < 1.29 is 4.74 Å². The van der Waals surface area contributed by atoms with Gasteiger partial charge in [-0.05, 0) is 35.9 Å². The van der Waals surface area contributed by atoms with Crippen LogP contribution in [0, 0.1) is 5.41 Å². The van der Waals surface area contributed by atoms with Gasteiger partial charge >= 0.3 is 0 Å². The highest BCUT2D eigenvalue weighted by molar-refractivity contribution is 7.80. The zero-order chi connectivity index (χ0) is 12.9. The summed E-state index contributed by atoms with van der Waals surface area (Å²) in [5.74, 6) is 1.82. The standard InChI is InChI=1S/C14H23NOS/c1-14(2,11-17)10-15(3)9-12-6-5-7-13(8-12)16-4/h5-8,17H,9-11H2,1-4H3. The lowest BCUT2D eigenvalue weighted by Gasteiger charge is -2.28. The van der Waals surface area contributed by atoms with Gasteiger partial charge in [-0.1, -0.05) is 26.0 Å². The van der Waals surface area contributed by atoms with Crippen LogP contribution in [0.5, 0.6) is 5.75 Å². The Morgan fingerprint density at radius 3 is 2.65 bits per heavy atom. The van der Waals surface area contributed by atoms with Crippen LogP contribution in [-0.4, -0.2) is 31.4 Å². The number of nitrogens with zero attached hydrogens (tertiary/aromatic N) is 1. The summed E-state index contributed by atoms with van der Waals surface area (Å²) >= 11 is 4.39. The molecule has 0 aliphatic carbocycles. The Morgan fingerprint density at radius 1 is 1.35 bits per heavy atom. The predicted molar refractivity (Wildman–Crippen MR) is 77.0 cm³/mol. The molecule has 0 saturated carbocycles. The van der Waals surface area contributed by atoms with E-state index in [0.29, 0.717) is 0 Å². The Kier molecular flexibility index (Phi) is 5.34. The van der Waals surface area contributed by atoms with Gasteiger partial charge in [0.2, 0.25) is 0 Å². The normalized spacial score (nSPS) is 11.9. The van der Waals surface area contributed by atoms with E-state index in [0.717, 1.165) is 24.6 Å². The van der Waals surface area contributed by atoms with Gasteiger partial charge in [-0.15, -0.1) is 0 Å². The van der Waals surface area contributed by atoms with E-state index >= 15 is 0 Å². The zero-order valence-corrected chi connectivity index (χ0v) is 12.1. The van der Waals surface area contributed by atoms with Crippen LogP contribution in [0.1, 0.15) is 19.4 Å². The molecule has 1 aromatic carbocycles. The maximum absolute atomic E-state index is 5.23. The fourth-order valence-electron chi connectivity index (χ4n) is 1.92. The number of benzene rings is 1. The largest absolute Gasteiger partial charge is 0.497 e.